The van der Waals surface area contributed by atoms with Crippen LogP contribution < -0.4 is 0 Å². The minimum atomic E-state index is -1.51. The largest absolute Gasteiger partial charge is 0.388 e. The summed E-state index contributed by atoms with van der Waals surface area (Å²) in [6.07, 6.45) is -0.0542. The maximum atomic E-state index is 13.0. The molecule has 18 heavy (non-hydrogen) atoms. The van der Waals surface area contributed by atoms with Crippen LogP contribution in [0.5, 0.6) is 0 Å². The Balaban J connectivity index is 2.07. The van der Waals surface area contributed by atoms with Gasteiger partial charge >= 0.3 is 0 Å². The number of hydrogen-bond acceptors (Lipinski definition) is 2. The van der Waals surface area contributed by atoms with E-state index in [1.165, 1.54) is 0 Å². The predicted octanol–water partition coefficient (Wildman–Crippen LogP) is 3.83. The van der Waals surface area contributed by atoms with Crippen LogP contribution in [0.2, 0.25) is 0 Å². The standard InChI is InChI=1S/C13H11F3OS/c14-10-6-8(7-11(15)13(10)16)12(17)4-3-9-2-1-5-18-9/h1-2,5-7,12,17H,3-4H2. The number of aryl methyl sites for hydroxylation is 1. The molecule has 0 aliphatic rings. The van der Waals surface area contributed by atoms with E-state index in [1.54, 1.807) is 11.3 Å². The predicted molar refractivity (Wildman–Crippen MR) is 63.9 cm³/mol. The molecule has 2 rings (SSSR count). The second kappa shape index (κ2) is 5.54. The van der Waals surface area contributed by atoms with Crippen LogP contribution in [0.4, 0.5) is 13.2 Å². The van der Waals surface area contributed by atoms with E-state index in [2.05, 4.69) is 0 Å². The van der Waals surface area contributed by atoms with E-state index in [9.17, 15) is 18.3 Å². The van der Waals surface area contributed by atoms with E-state index in [-0.39, 0.29) is 5.56 Å². The molecule has 1 atom stereocenters. The fraction of sp³-hybridized carbons (Fsp3) is 0.231. The van der Waals surface area contributed by atoms with Crippen LogP contribution in [0.3, 0.4) is 0 Å². The Morgan fingerprint density at radius 1 is 1.17 bits per heavy atom. The average Bonchev–Trinajstić information content (AvgIpc) is 2.85. The van der Waals surface area contributed by atoms with Crippen molar-refractivity contribution in [1.29, 1.82) is 0 Å². The summed E-state index contributed by atoms with van der Waals surface area (Å²) < 4.78 is 38.7. The van der Waals surface area contributed by atoms with Crippen LogP contribution in [-0.2, 0) is 6.42 Å². The third-order valence-electron chi connectivity index (χ3n) is 2.64. The Morgan fingerprint density at radius 3 is 2.39 bits per heavy atom. The summed E-state index contributed by atoms with van der Waals surface area (Å²) in [7, 11) is 0. The lowest BCUT2D eigenvalue weighted by molar-refractivity contribution is 0.167. The Bertz CT molecular complexity index is 502. The molecule has 0 fully saturated rings. The normalized spacial score (nSPS) is 12.7. The van der Waals surface area contributed by atoms with Crippen LogP contribution in [-0.4, -0.2) is 5.11 Å². The Morgan fingerprint density at radius 2 is 1.83 bits per heavy atom. The molecule has 1 N–H and O–H groups in total. The van der Waals surface area contributed by atoms with Gasteiger partial charge in [0.15, 0.2) is 17.5 Å². The van der Waals surface area contributed by atoms with Crippen molar-refractivity contribution in [1.82, 2.24) is 0 Å². The van der Waals surface area contributed by atoms with Gasteiger partial charge in [0.25, 0.3) is 0 Å². The van der Waals surface area contributed by atoms with Crippen molar-refractivity contribution < 1.29 is 18.3 Å². The van der Waals surface area contributed by atoms with Crippen molar-refractivity contribution in [3.8, 4) is 0 Å². The molecule has 0 amide bonds. The van der Waals surface area contributed by atoms with E-state index in [4.69, 9.17) is 0 Å². The zero-order valence-electron chi connectivity index (χ0n) is 9.37. The van der Waals surface area contributed by atoms with Crippen molar-refractivity contribution in [2.45, 2.75) is 18.9 Å². The van der Waals surface area contributed by atoms with Gasteiger partial charge in [0, 0.05) is 4.88 Å². The molecule has 96 valence electrons. The summed E-state index contributed by atoms with van der Waals surface area (Å²) >= 11 is 1.55. The van der Waals surface area contributed by atoms with E-state index in [0.717, 1.165) is 17.0 Å². The second-order valence-electron chi connectivity index (χ2n) is 3.93. The van der Waals surface area contributed by atoms with Crippen molar-refractivity contribution >= 4 is 11.3 Å². The van der Waals surface area contributed by atoms with Crippen LogP contribution >= 0.6 is 11.3 Å². The molecular weight excluding hydrogens is 261 g/mol. The fourth-order valence-electron chi connectivity index (χ4n) is 1.67. The monoisotopic (exact) mass is 272 g/mol. The summed E-state index contributed by atoms with van der Waals surface area (Å²) in [5.74, 6) is -4.07. The number of halogens is 3. The van der Waals surface area contributed by atoms with Crippen molar-refractivity contribution in [3.05, 3.63) is 57.5 Å². The molecule has 1 aromatic carbocycles. The minimum Gasteiger partial charge on any atom is -0.388 e. The Kier molecular flexibility index (Phi) is 4.04. The molecule has 0 bridgehead atoms. The zero-order chi connectivity index (χ0) is 13.1. The third-order valence-corrected chi connectivity index (χ3v) is 3.57. The van der Waals surface area contributed by atoms with Gasteiger partial charge in [-0.15, -0.1) is 11.3 Å². The third kappa shape index (κ3) is 2.91. The second-order valence-corrected chi connectivity index (χ2v) is 4.96. The lowest BCUT2D eigenvalue weighted by Gasteiger charge is -2.11. The maximum Gasteiger partial charge on any atom is 0.194 e. The molecule has 1 unspecified atom stereocenters. The molecule has 0 radical (unpaired) electrons. The van der Waals surface area contributed by atoms with E-state index in [1.807, 2.05) is 17.5 Å². The van der Waals surface area contributed by atoms with Crippen LogP contribution in [0.25, 0.3) is 0 Å². The number of aliphatic hydroxyl groups excluding tert-OH is 1. The molecule has 2 aromatic rings. The van der Waals surface area contributed by atoms with Gasteiger partial charge in [-0.05, 0) is 42.0 Å². The fourth-order valence-corrected chi connectivity index (χ4v) is 2.39. The van der Waals surface area contributed by atoms with Gasteiger partial charge in [0.2, 0.25) is 0 Å². The highest BCUT2D eigenvalue weighted by atomic mass is 32.1. The molecular formula is C13H11F3OS. The molecule has 1 heterocycles. The van der Waals surface area contributed by atoms with Gasteiger partial charge < -0.3 is 5.11 Å². The SMILES string of the molecule is OC(CCc1cccs1)c1cc(F)c(F)c(F)c1. The summed E-state index contributed by atoms with van der Waals surface area (Å²) in [6.45, 7) is 0. The number of hydrogen-bond donors (Lipinski definition) is 1. The smallest absolute Gasteiger partial charge is 0.194 e. The van der Waals surface area contributed by atoms with Gasteiger partial charge in [-0.25, -0.2) is 13.2 Å². The lowest BCUT2D eigenvalue weighted by atomic mass is 10.0. The molecule has 0 saturated heterocycles. The van der Waals surface area contributed by atoms with Crippen LogP contribution in [0.15, 0.2) is 29.6 Å². The highest BCUT2D eigenvalue weighted by Gasteiger charge is 2.15. The van der Waals surface area contributed by atoms with Crippen molar-refractivity contribution in [3.63, 3.8) is 0 Å². The molecule has 0 aliphatic carbocycles. The molecule has 0 saturated carbocycles. The molecule has 0 aliphatic heterocycles. The summed E-state index contributed by atoms with van der Waals surface area (Å²) in [5, 5.41) is 11.7. The first-order chi connectivity index (χ1) is 8.58. The highest BCUT2D eigenvalue weighted by molar-refractivity contribution is 7.09. The topological polar surface area (TPSA) is 20.2 Å². The van der Waals surface area contributed by atoms with Gasteiger partial charge in [-0.2, -0.15) is 0 Å². The lowest BCUT2D eigenvalue weighted by Crippen LogP contribution is -2.02. The molecule has 0 spiro atoms. The summed E-state index contributed by atoms with van der Waals surface area (Å²) in [5.41, 5.74) is 0.0583. The Labute approximate surface area is 107 Å². The first-order valence-electron chi connectivity index (χ1n) is 5.43. The molecule has 1 nitrogen and oxygen atoms in total. The summed E-state index contributed by atoms with van der Waals surface area (Å²) in [4.78, 5) is 1.08. The number of thiophene rings is 1. The highest BCUT2D eigenvalue weighted by Crippen LogP contribution is 2.23. The van der Waals surface area contributed by atoms with Crippen LogP contribution in [0.1, 0.15) is 23.0 Å². The van der Waals surface area contributed by atoms with Crippen molar-refractivity contribution in [2.24, 2.45) is 0 Å². The average molecular weight is 272 g/mol. The van der Waals surface area contributed by atoms with E-state index >= 15 is 0 Å². The van der Waals surface area contributed by atoms with Gasteiger partial charge in [-0.3, -0.25) is 0 Å². The zero-order valence-corrected chi connectivity index (χ0v) is 10.2. The Hall–Kier alpha value is -1.33. The van der Waals surface area contributed by atoms with E-state index in [0.29, 0.717) is 12.8 Å². The molecule has 5 heteroatoms. The number of aliphatic hydroxyl groups is 1. The number of benzene rings is 1. The van der Waals surface area contributed by atoms with Gasteiger partial charge in [-0.1, -0.05) is 6.07 Å². The summed E-state index contributed by atoms with van der Waals surface area (Å²) in [6, 6.07) is 5.47. The maximum absolute atomic E-state index is 13.0. The van der Waals surface area contributed by atoms with Crippen LogP contribution in [0, 0.1) is 17.5 Å². The van der Waals surface area contributed by atoms with Crippen molar-refractivity contribution in [2.75, 3.05) is 0 Å². The van der Waals surface area contributed by atoms with E-state index < -0.39 is 23.6 Å². The first-order valence-corrected chi connectivity index (χ1v) is 6.31. The quantitative estimate of drug-likeness (QED) is 0.839. The van der Waals surface area contributed by atoms with Gasteiger partial charge in [0.1, 0.15) is 0 Å². The number of rotatable bonds is 4. The molecule has 1 aromatic heterocycles. The first kappa shape index (κ1) is 13.1. The minimum absolute atomic E-state index is 0.0583. The van der Waals surface area contributed by atoms with Gasteiger partial charge in [0.05, 0.1) is 6.10 Å².